The molecular formula is C32H28F12N4. The van der Waals surface area contributed by atoms with E-state index < -0.39 is 69.5 Å². The first-order valence-electron chi connectivity index (χ1n) is 13.5. The predicted octanol–water partition coefficient (Wildman–Crippen LogP) is 10.3. The number of alkyl halides is 12. The number of benzene rings is 4. The Labute approximate surface area is 266 Å². The van der Waals surface area contributed by atoms with E-state index in [4.69, 9.17) is 22.9 Å². The molecule has 0 saturated carbocycles. The Kier molecular flexibility index (Phi) is 9.97. The minimum atomic E-state index is -5.78. The van der Waals surface area contributed by atoms with Crippen LogP contribution in [0.25, 0.3) is 22.3 Å². The van der Waals surface area contributed by atoms with Crippen molar-refractivity contribution in [2.24, 2.45) is 0 Å². The maximum atomic E-state index is 13.4. The number of aryl methyl sites for hydroxylation is 4. The Morgan fingerprint density at radius 2 is 0.479 bits per heavy atom. The lowest BCUT2D eigenvalue weighted by molar-refractivity contribution is -0.146. The quantitative estimate of drug-likeness (QED) is 0.124. The fourth-order valence-corrected chi connectivity index (χ4v) is 5.54. The summed E-state index contributed by atoms with van der Waals surface area (Å²) in [5.74, 6) is 0. The van der Waals surface area contributed by atoms with E-state index in [-0.39, 0.29) is 24.3 Å². The molecule has 0 unspecified atom stereocenters. The van der Waals surface area contributed by atoms with Crippen LogP contribution >= 0.6 is 0 Å². The minimum Gasteiger partial charge on any atom is -0.399 e. The van der Waals surface area contributed by atoms with Gasteiger partial charge in [-0.2, -0.15) is 52.7 Å². The second-order valence-corrected chi connectivity index (χ2v) is 11.0. The van der Waals surface area contributed by atoms with Gasteiger partial charge in [0.2, 0.25) is 0 Å². The van der Waals surface area contributed by atoms with Crippen LogP contribution in [0.1, 0.15) is 44.5 Å². The Bertz CT molecular complexity index is 1600. The maximum Gasteiger partial charge on any atom is 0.417 e. The molecule has 4 aromatic carbocycles. The maximum absolute atomic E-state index is 13.4. The van der Waals surface area contributed by atoms with Gasteiger partial charge < -0.3 is 22.9 Å². The molecule has 8 N–H and O–H groups in total. The van der Waals surface area contributed by atoms with Gasteiger partial charge in [-0.3, -0.25) is 0 Å². The van der Waals surface area contributed by atoms with Gasteiger partial charge >= 0.3 is 24.7 Å². The van der Waals surface area contributed by atoms with Gasteiger partial charge in [-0.25, -0.2) is 0 Å². The first-order valence-corrected chi connectivity index (χ1v) is 13.5. The van der Waals surface area contributed by atoms with E-state index in [2.05, 4.69) is 27.7 Å². The number of nitrogens with two attached hydrogens (primary N) is 4. The van der Waals surface area contributed by atoms with Crippen LogP contribution in [0.3, 0.4) is 0 Å². The normalized spacial score (nSPS) is 12.5. The van der Waals surface area contributed by atoms with Crippen molar-refractivity contribution in [3.63, 3.8) is 0 Å². The Morgan fingerprint density at radius 3 is 0.646 bits per heavy atom. The molecule has 0 saturated heterocycles. The summed E-state index contributed by atoms with van der Waals surface area (Å²) in [6.45, 7) is 8.42. The molecule has 0 spiro atoms. The molecule has 16 heteroatoms. The Hall–Kier alpha value is -4.76. The van der Waals surface area contributed by atoms with Gasteiger partial charge in [0.25, 0.3) is 0 Å². The fraction of sp³-hybridized carbons (Fsp3) is 0.250. The van der Waals surface area contributed by atoms with Crippen molar-refractivity contribution in [2.45, 2.75) is 52.4 Å². The van der Waals surface area contributed by atoms with Gasteiger partial charge in [0.05, 0.1) is 22.3 Å². The SMILES string of the molecule is Cc1cc(N)cc(C)c1-c1c(C)cc(N)cc1C.Nc1cc(C(F)(F)F)c(-c2c(C(F)(F)F)cc(N)cc2C(F)(F)F)c(C(F)(F)F)c1. The molecule has 4 aromatic rings. The van der Waals surface area contributed by atoms with E-state index in [0.29, 0.717) is 0 Å². The van der Waals surface area contributed by atoms with Gasteiger partial charge in [-0.1, -0.05) is 0 Å². The lowest BCUT2D eigenvalue weighted by Gasteiger charge is -2.25. The van der Waals surface area contributed by atoms with Crippen molar-refractivity contribution in [1.82, 2.24) is 0 Å². The molecule has 48 heavy (non-hydrogen) atoms. The zero-order chi connectivity index (χ0) is 36.9. The molecule has 0 aliphatic heterocycles. The van der Waals surface area contributed by atoms with Crippen LogP contribution < -0.4 is 22.9 Å². The van der Waals surface area contributed by atoms with Crippen molar-refractivity contribution in [1.29, 1.82) is 0 Å². The minimum absolute atomic E-state index is 0.179. The van der Waals surface area contributed by atoms with Crippen molar-refractivity contribution >= 4 is 22.7 Å². The van der Waals surface area contributed by atoms with E-state index in [0.717, 1.165) is 11.4 Å². The van der Waals surface area contributed by atoms with Crippen LogP contribution in [0.5, 0.6) is 0 Å². The zero-order valence-electron chi connectivity index (χ0n) is 25.5. The zero-order valence-corrected chi connectivity index (χ0v) is 25.5. The van der Waals surface area contributed by atoms with Crippen LogP contribution in [-0.2, 0) is 24.7 Å². The van der Waals surface area contributed by atoms with Crippen LogP contribution in [-0.4, -0.2) is 0 Å². The van der Waals surface area contributed by atoms with E-state index in [1.807, 2.05) is 24.3 Å². The average Bonchev–Trinajstić information content (AvgIpc) is 2.87. The summed E-state index contributed by atoms with van der Waals surface area (Å²) in [6, 6.07) is 7.38. The third kappa shape index (κ3) is 8.02. The summed E-state index contributed by atoms with van der Waals surface area (Å²) in [5.41, 5.74) is 14.1. The Balaban J connectivity index is 0.000000294. The first kappa shape index (κ1) is 37.7. The third-order valence-corrected chi connectivity index (χ3v) is 7.15. The number of halogens is 12. The van der Waals surface area contributed by atoms with Crippen molar-refractivity contribution < 1.29 is 52.7 Å². The first-order chi connectivity index (χ1) is 21.6. The van der Waals surface area contributed by atoms with E-state index in [1.165, 1.54) is 33.4 Å². The smallest absolute Gasteiger partial charge is 0.399 e. The van der Waals surface area contributed by atoms with Gasteiger partial charge in [0, 0.05) is 33.9 Å². The van der Waals surface area contributed by atoms with Gasteiger partial charge in [0.15, 0.2) is 0 Å². The van der Waals surface area contributed by atoms with Crippen molar-refractivity contribution in [3.8, 4) is 22.3 Å². The van der Waals surface area contributed by atoms with Crippen LogP contribution in [0.2, 0.25) is 0 Å². The summed E-state index contributed by atoms with van der Waals surface area (Å²) < 4.78 is 161. The van der Waals surface area contributed by atoms with E-state index in [1.54, 1.807) is 0 Å². The standard InChI is InChI=1S/C16H8F12N2.C16H20N2/c17-13(18,19)7-1-5(29)2-8(14(20,21)22)11(7)12-9(15(23,24)25)3-6(30)4-10(12)16(26,27)28;1-9-5-13(17)6-10(2)15(9)16-11(3)7-14(18)8-12(16)4/h1-4H,29-30H2;5-8H,17-18H2,1-4H3. The van der Waals surface area contributed by atoms with Crippen molar-refractivity contribution in [3.05, 3.63) is 93.0 Å². The molecule has 0 bridgehead atoms. The summed E-state index contributed by atoms with van der Waals surface area (Å²) >= 11 is 0. The Morgan fingerprint density at radius 1 is 0.312 bits per heavy atom. The number of hydrogen-bond donors (Lipinski definition) is 4. The lowest BCUT2D eigenvalue weighted by atomic mass is 9.86. The second kappa shape index (κ2) is 12.7. The summed E-state index contributed by atoms with van der Waals surface area (Å²) in [6.07, 6.45) is -23.1. The van der Waals surface area contributed by atoms with E-state index >= 15 is 0 Å². The largest absolute Gasteiger partial charge is 0.417 e. The highest BCUT2D eigenvalue weighted by molar-refractivity contribution is 5.83. The van der Waals surface area contributed by atoms with Gasteiger partial charge in [-0.15, -0.1) is 0 Å². The third-order valence-electron chi connectivity index (χ3n) is 7.15. The van der Waals surface area contributed by atoms with Crippen LogP contribution in [0.15, 0.2) is 48.5 Å². The summed E-state index contributed by atoms with van der Waals surface area (Å²) in [5, 5.41) is 0. The molecule has 0 fully saturated rings. The highest BCUT2D eigenvalue weighted by Crippen LogP contribution is 2.52. The molecular weight excluding hydrogens is 668 g/mol. The second-order valence-electron chi connectivity index (χ2n) is 11.0. The highest BCUT2D eigenvalue weighted by Gasteiger charge is 2.48. The monoisotopic (exact) mass is 696 g/mol. The fourth-order valence-electron chi connectivity index (χ4n) is 5.54. The molecule has 4 rings (SSSR count). The molecule has 0 atom stereocenters. The van der Waals surface area contributed by atoms with Crippen LogP contribution in [0.4, 0.5) is 75.4 Å². The van der Waals surface area contributed by atoms with Gasteiger partial charge in [0.1, 0.15) is 0 Å². The highest BCUT2D eigenvalue weighted by atomic mass is 19.4. The molecule has 0 aromatic heterocycles. The summed E-state index contributed by atoms with van der Waals surface area (Å²) in [4.78, 5) is 0. The molecule has 0 radical (unpaired) electrons. The molecule has 0 heterocycles. The molecule has 260 valence electrons. The topological polar surface area (TPSA) is 104 Å². The van der Waals surface area contributed by atoms with Crippen molar-refractivity contribution in [2.75, 3.05) is 22.9 Å². The molecule has 0 amide bonds. The molecule has 4 nitrogen and oxygen atoms in total. The molecule has 0 aliphatic rings. The lowest BCUT2D eigenvalue weighted by Crippen LogP contribution is -2.21. The average molecular weight is 697 g/mol. The number of hydrogen-bond acceptors (Lipinski definition) is 4. The van der Waals surface area contributed by atoms with Gasteiger partial charge in [-0.05, 0) is 110 Å². The number of nitrogen functional groups attached to an aromatic ring is 4. The number of anilines is 4. The van der Waals surface area contributed by atoms with Crippen LogP contribution in [0, 0.1) is 27.7 Å². The van der Waals surface area contributed by atoms with E-state index in [9.17, 15) is 52.7 Å². The number of rotatable bonds is 2. The summed E-state index contributed by atoms with van der Waals surface area (Å²) in [7, 11) is 0. The predicted molar refractivity (Wildman–Crippen MR) is 160 cm³/mol. The molecule has 0 aliphatic carbocycles.